The summed E-state index contributed by atoms with van der Waals surface area (Å²) in [6.45, 7) is 6.90. The van der Waals surface area contributed by atoms with Crippen LogP contribution in [0.4, 0.5) is 0 Å². The second-order valence-corrected chi connectivity index (χ2v) is 7.45. The van der Waals surface area contributed by atoms with Crippen LogP contribution in [0, 0.1) is 0 Å². The lowest BCUT2D eigenvalue weighted by atomic mass is 10.7. The lowest BCUT2D eigenvalue weighted by molar-refractivity contribution is 0.694. The zero-order chi connectivity index (χ0) is 9.90. The third-order valence-electron chi connectivity index (χ3n) is 2.88. The quantitative estimate of drug-likeness (QED) is 0.730. The van der Waals surface area contributed by atoms with Gasteiger partial charge in [-0.3, -0.25) is 4.68 Å². The lowest BCUT2D eigenvalue weighted by Gasteiger charge is -2.36. The van der Waals surface area contributed by atoms with Gasteiger partial charge in [0.15, 0.2) is 0 Å². The van der Waals surface area contributed by atoms with E-state index in [1.54, 1.807) is 0 Å². The fraction of sp³-hybridized carbons (Fsp3) is 0.700. The molecule has 0 aromatic carbocycles. The van der Waals surface area contributed by atoms with Crippen molar-refractivity contribution in [3.63, 3.8) is 0 Å². The molecule has 0 unspecified atom stereocenters. The van der Waals surface area contributed by atoms with Gasteiger partial charge in [0.25, 0.3) is 0 Å². The highest BCUT2D eigenvalue weighted by atomic mass is 32.3. The molecule has 0 aliphatic heterocycles. The molecule has 0 radical (unpaired) electrons. The van der Waals surface area contributed by atoms with Gasteiger partial charge in [-0.05, 0) is 23.3 Å². The first-order valence-corrected chi connectivity index (χ1v) is 7.08. The van der Waals surface area contributed by atoms with Crippen molar-refractivity contribution in [1.82, 2.24) is 9.78 Å². The molecule has 0 spiro atoms. The fourth-order valence-electron chi connectivity index (χ4n) is 1.84. The summed E-state index contributed by atoms with van der Waals surface area (Å²) >= 11 is 0. The van der Waals surface area contributed by atoms with Crippen LogP contribution in [0.15, 0.2) is 17.3 Å². The topological polar surface area (TPSA) is 17.8 Å². The van der Waals surface area contributed by atoms with Crippen LogP contribution in [0.2, 0.25) is 0 Å². The summed E-state index contributed by atoms with van der Waals surface area (Å²) in [5.41, 5.74) is 0. The molecular formula is C10H20N2S. The first kappa shape index (κ1) is 10.6. The number of hydrogen-bond acceptors (Lipinski definition) is 1. The average molecular weight is 200 g/mol. The van der Waals surface area contributed by atoms with Gasteiger partial charge < -0.3 is 0 Å². The van der Waals surface area contributed by atoms with Gasteiger partial charge in [-0.15, -0.1) is 0 Å². The van der Waals surface area contributed by atoms with Crippen molar-refractivity contribution in [2.24, 2.45) is 7.05 Å². The van der Waals surface area contributed by atoms with Crippen molar-refractivity contribution in [2.45, 2.75) is 25.8 Å². The first-order valence-electron chi connectivity index (χ1n) is 4.94. The van der Waals surface area contributed by atoms with Crippen LogP contribution in [0.25, 0.3) is 0 Å². The Hall–Kier alpha value is -0.440. The smallest absolute Gasteiger partial charge is 0.0766 e. The van der Waals surface area contributed by atoms with Crippen LogP contribution in [-0.2, 0) is 7.05 Å². The van der Waals surface area contributed by atoms with Crippen molar-refractivity contribution >= 4 is 10.0 Å². The minimum absolute atomic E-state index is 0.576. The summed E-state index contributed by atoms with van der Waals surface area (Å²) in [6, 6.07) is 2.19. The van der Waals surface area contributed by atoms with Crippen LogP contribution in [0.3, 0.4) is 0 Å². The summed E-state index contributed by atoms with van der Waals surface area (Å²) in [7, 11) is 1.48. The standard InChI is InChI=1S/C10H20N2S/c1-5-13(6-2,7-3)10-8-9-11-12(10)4/h8-9H,5-7H2,1-4H3. The van der Waals surface area contributed by atoms with Gasteiger partial charge in [-0.2, -0.15) is 15.1 Å². The SMILES string of the molecule is CCS(CC)(CC)c1ccnn1C. The van der Waals surface area contributed by atoms with E-state index in [2.05, 4.69) is 39.0 Å². The zero-order valence-corrected chi connectivity index (χ0v) is 9.90. The molecule has 3 heteroatoms. The predicted molar refractivity (Wildman–Crippen MR) is 60.7 cm³/mol. The van der Waals surface area contributed by atoms with Gasteiger partial charge in [0.1, 0.15) is 0 Å². The molecule has 0 N–H and O–H groups in total. The number of hydrogen-bond donors (Lipinski definition) is 0. The molecule has 1 heterocycles. The maximum Gasteiger partial charge on any atom is 0.0766 e. The number of aromatic nitrogens is 2. The van der Waals surface area contributed by atoms with Crippen LogP contribution >= 0.6 is 10.0 Å². The summed E-state index contributed by atoms with van der Waals surface area (Å²) in [5.74, 6) is 3.83. The Morgan fingerprint density at radius 3 is 2.08 bits per heavy atom. The Morgan fingerprint density at radius 1 is 1.23 bits per heavy atom. The Bertz CT molecular complexity index is 255. The van der Waals surface area contributed by atoms with Gasteiger partial charge in [-0.1, -0.05) is 20.8 Å². The fourth-order valence-corrected chi connectivity index (χ4v) is 4.91. The van der Waals surface area contributed by atoms with E-state index in [-0.39, 0.29) is 0 Å². The van der Waals surface area contributed by atoms with E-state index < -0.39 is 10.0 Å². The third kappa shape index (κ3) is 1.75. The number of aryl methyl sites for hydroxylation is 1. The molecule has 0 atom stereocenters. The third-order valence-corrected chi connectivity index (χ3v) is 7.48. The summed E-state index contributed by atoms with van der Waals surface area (Å²) in [4.78, 5) is 0. The van der Waals surface area contributed by atoms with Crippen LogP contribution in [0.5, 0.6) is 0 Å². The van der Waals surface area contributed by atoms with Gasteiger partial charge in [-0.25, -0.2) is 0 Å². The molecule has 0 saturated carbocycles. The normalized spacial score (nSPS) is 13.2. The molecule has 0 fully saturated rings. The minimum atomic E-state index is -0.576. The summed E-state index contributed by atoms with van der Waals surface area (Å²) < 4.78 is 2.05. The first-order chi connectivity index (χ1) is 6.20. The van der Waals surface area contributed by atoms with Gasteiger partial charge in [0.2, 0.25) is 0 Å². The maximum atomic E-state index is 4.26. The molecule has 0 saturated heterocycles. The van der Waals surface area contributed by atoms with E-state index in [0.717, 1.165) is 0 Å². The molecule has 76 valence electrons. The van der Waals surface area contributed by atoms with Gasteiger partial charge in [0.05, 0.1) is 11.2 Å². The van der Waals surface area contributed by atoms with Gasteiger partial charge >= 0.3 is 0 Å². The highest BCUT2D eigenvalue weighted by molar-refractivity contribution is 8.33. The zero-order valence-electron chi connectivity index (χ0n) is 9.08. The molecule has 0 aliphatic carbocycles. The van der Waals surface area contributed by atoms with Crippen molar-refractivity contribution in [3.8, 4) is 0 Å². The minimum Gasteiger partial charge on any atom is -0.264 e. The van der Waals surface area contributed by atoms with Crippen molar-refractivity contribution < 1.29 is 0 Å². The molecule has 0 amide bonds. The van der Waals surface area contributed by atoms with Gasteiger partial charge in [0, 0.05) is 7.05 Å². The van der Waals surface area contributed by atoms with Crippen LogP contribution in [-0.4, -0.2) is 27.0 Å². The number of nitrogens with zero attached hydrogens (tertiary/aromatic N) is 2. The molecule has 1 aromatic rings. The molecular weight excluding hydrogens is 180 g/mol. The van der Waals surface area contributed by atoms with Crippen molar-refractivity contribution in [2.75, 3.05) is 17.3 Å². The largest absolute Gasteiger partial charge is 0.264 e. The molecule has 1 rings (SSSR count). The second kappa shape index (κ2) is 4.18. The lowest BCUT2D eigenvalue weighted by Crippen LogP contribution is -2.13. The molecule has 0 bridgehead atoms. The molecule has 0 aliphatic rings. The Kier molecular flexibility index (Phi) is 3.42. The maximum absolute atomic E-state index is 4.26. The highest BCUT2D eigenvalue weighted by Gasteiger charge is 2.22. The van der Waals surface area contributed by atoms with E-state index in [9.17, 15) is 0 Å². The highest BCUT2D eigenvalue weighted by Crippen LogP contribution is 2.54. The second-order valence-electron chi connectivity index (χ2n) is 3.20. The average Bonchev–Trinajstić information content (AvgIpc) is 2.57. The summed E-state index contributed by atoms with van der Waals surface area (Å²) in [5, 5.41) is 5.72. The van der Waals surface area contributed by atoms with Crippen LogP contribution < -0.4 is 0 Å². The number of rotatable bonds is 4. The van der Waals surface area contributed by atoms with E-state index in [1.807, 2.05) is 10.9 Å². The Labute approximate surface area is 82.7 Å². The van der Waals surface area contributed by atoms with E-state index in [0.29, 0.717) is 0 Å². The van der Waals surface area contributed by atoms with E-state index in [4.69, 9.17) is 0 Å². The molecule has 13 heavy (non-hydrogen) atoms. The Balaban J connectivity index is 3.07. The molecule has 2 nitrogen and oxygen atoms in total. The van der Waals surface area contributed by atoms with Crippen LogP contribution in [0.1, 0.15) is 20.8 Å². The summed E-state index contributed by atoms with van der Waals surface area (Å²) in [6.07, 6.45) is 1.91. The van der Waals surface area contributed by atoms with Crippen molar-refractivity contribution in [1.29, 1.82) is 0 Å². The Morgan fingerprint density at radius 2 is 1.77 bits per heavy atom. The van der Waals surface area contributed by atoms with Crippen molar-refractivity contribution in [3.05, 3.63) is 12.3 Å². The predicted octanol–water partition coefficient (Wildman–Crippen LogP) is 2.64. The van der Waals surface area contributed by atoms with E-state index >= 15 is 0 Å². The molecule has 1 aromatic heterocycles. The van der Waals surface area contributed by atoms with E-state index in [1.165, 1.54) is 22.3 Å². The monoisotopic (exact) mass is 200 g/mol.